The summed E-state index contributed by atoms with van der Waals surface area (Å²) in [6.07, 6.45) is 0.665. The Kier molecular flexibility index (Phi) is 3.88. The standard InChI is InChI=1S/C12H13FN2O2S/c13-9-5-7(11(14)18)1-2-10(9)15-12(16)8-3-4-17-6-8/h1-2,5,8H,3-4,6H2,(H2,14,18)(H,15,16). The number of anilines is 1. The summed E-state index contributed by atoms with van der Waals surface area (Å²) in [6, 6.07) is 4.24. The number of nitrogens with one attached hydrogen (secondary N) is 1. The molecule has 1 fully saturated rings. The first-order valence-corrected chi connectivity index (χ1v) is 5.96. The molecule has 4 nitrogen and oxygen atoms in total. The van der Waals surface area contributed by atoms with Gasteiger partial charge >= 0.3 is 0 Å². The summed E-state index contributed by atoms with van der Waals surface area (Å²) in [7, 11) is 0. The molecule has 1 unspecified atom stereocenters. The zero-order chi connectivity index (χ0) is 13.1. The van der Waals surface area contributed by atoms with Crippen LogP contribution in [-0.4, -0.2) is 24.1 Å². The molecule has 1 aromatic carbocycles. The molecule has 2 rings (SSSR count). The van der Waals surface area contributed by atoms with Crippen molar-refractivity contribution in [1.82, 2.24) is 0 Å². The van der Waals surface area contributed by atoms with Crippen LogP contribution >= 0.6 is 12.2 Å². The summed E-state index contributed by atoms with van der Waals surface area (Å²) in [6.45, 7) is 0.958. The van der Waals surface area contributed by atoms with Crippen LogP contribution in [0.2, 0.25) is 0 Å². The Bertz CT molecular complexity index is 487. The molecule has 0 saturated carbocycles. The summed E-state index contributed by atoms with van der Waals surface area (Å²) in [5, 5.41) is 2.54. The Hall–Kier alpha value is -1.53. The van der Waals surface area contributed by atoms with Crippen molar-refractivity contribution in [2.24, 2.45) is 11.7 Å². The quantitative estimate of drug-likeness (QED) is 0.814. The van der Waals surface area contributed by atoms with Crippen molar-refractivity contribution in [1.29, 1.82) is 0 Å². The third-order valence-corrected chi connectivity index (χ3v) is 3.05. The zero-order valence-corrected chi connectivity index (χ0v) is 10.4. The van der Waals surface area contributed by atoms with Crippen LogP contribution in [0.15, 0.2) is 18.2 Å². The molecule has 1 amide bonds. The lowest BCUT2D eigenvalue weighted by Gasteiger charge is -2.10. The minimum absolute atomic E-state index is 0.121. The fourth-order valence-electron chi connectivity index (χ4n) is 1.75. The van der Waals surface area contributed by atoms with E-state index in [9.17, 15) is 9.18 Å². The molecule has 1 atom stereocenters. The molecule has 1 heterocycles. The lowest BCUT2D eigenvalue weighted by Crippen LogP contribution is -2.23. The van der Waals surface area contributed by atoms with Crippen molar-refractivity contribution in [3.05, 3.63) is 29.6 Å². The van der Waals surface area contributed by atoms with Gasteiger partial charge in [0.15, 0.2) is 0 Å². The zero-order valence-electron chi connectivity index (χ0n) is 9.61. The maximum absolute atomic E-state index is 13.7. The van der Waals surface area contributed by atoms with Gasteiger partial charge < -0.3 is 15.8 Å². The van der Waals surface area contributed by atoms with E-state index in [1.54, 1.807) is 6.07 Å². The highest BCUT2D eigenvalue weighted by Crippen LogP contribution is 2.19. The number of rotatable bonds is 3. The first-order chi connectivity index (χ1) is 8.58. The van der Waals surface area contributed by atoms with Gasteiger partial charge in [-0.15, -0.1) is 0 Å². The SMILES string of the molecule is NC(=S)c1ccc(NC(=O)C2CCOC2)c(F)c1. The number of hydrogen-bond acceptors (Lipinski definition) is 3. The molecule has 1 aliphatic heterocycles. The van der Waals surface area contributed by atoms with E-state index in [1.807, 2.05) is 0 Å². The average Bonchev–Trinajstić information content (AvgIpc) is 2.85. The van der Waals surface area contributed by atoms with Gasteiger partial charge in [-0.1, -0.05) is 12.2 Å². The Morgan fingerprint density at radius 3 is 2.89 bits per heavy atom. The van der Waals surface area contributed by atoms with Crippen molar-refractivity contribution < 1.29 is 13.9 Å². The van der Waals surface area contributed by atoms with Crippen LogP contribution in [0.3, 0.4) is 0 Å². The highest BCUT2D eigenvalue weighted by Gasteiger charge is 2.24. The fraction of sp³-hybridized carbons (Fsp3) is 0.333. The third kappa shape index (κ3) is 2.83. The van der Waals surface area contributed by atoms with E-state index in [1.165, 1.54) is 12.1 Å². The molecule has 0 radical (unpaired) electrons. The normalized spacial score (nSPS) is 18.6. The third-order valence-electron chi connectivity index (χ3n) is 2.81. The van der Waals surface area contributed by atoms with Gasteiger partial charge in [-0.2, -0.15) is 0 Å². The Balaban J connectivity index is 2.09. The van der Waals surface area contributed by atoms with E-state index in [0.29, 0.717) is 25.2 Å². The Morgan fingerprint density at radius 1 is 1.56 bits per heavy atom. The molecule has 3 N–H and O–H groups in total. The molecule has 6 heteroatoms. The van der Waals surface area contributed by atoms with Crippen LogP contribution in [0, 0.1) is 11.7 Å². The van der Waals surface area contributed by atoms with Crippen molar-refractivity contribution in [3.63, 3.8) is 0 Å². The maximum atomic E-state index is 13.7. The predicted molar refractivity (Wildman–Crippen MR) is 69.8 cm³/mol. The van der Waals surface area contributed by atoms with Crippen LogP contribution in [-0.2, 0) is 9.53 Å². The molecular formula is C12H13FN2O2S. The lowest BCUT2D eigenvalue weighted by atomic mass is 10.1. The number of halogens is 1. The van der Waals surface area contributed by atoms with E-state index < -0.39 is 5.82 Å². The van der Waals surface area contributed by atoms with Crippen molar-refractivity contribution in [3.8, 4) is 0 Å². The minimum atomic E-state index is -0.549. The second kappa shape index (κ2) is 5.41. The number of carbonyl (C=O) groups excluding carboxylic acids is 1. The molecule has 18 heavy (non-hydrogen) atoms. The van der Waals surface area contributed by atoms with Gasteiger partial charge in [-0.3, -0.25) is 4.79 Å². The Labute approximate surface area is 109 Å². The Morgan fingerprint density at radius 2 is 2.33 bits per heavy atom. The number of benzene rings is 1. The summed E-state index contributed by atoms with van der Waals surface area (Å²) >= 11 is 4.75. The van der Waals surface area contributed by atoms with Gasteiger partial charge in [0, 0.05) is 12.2 Å². The number of ether oxygens (including phenoxy) is 1. The molecule has 0 aliphatic carbocycles. The highest BCUT2D eigenvalue weighted by atomic mass is 32.1. The topological polar surface area (TPSA) is 64.3 Å². The molecular weight excluding hydrogens is 255 g/mol. The van der Waals surface area contributed by atoms with Gasteiger partial charge in [0.25, 0.3) is 0 Å². The second-order valence-corrected chi connectivity index (χ2v) is 4.55. The van der Waals surface area contributed by atoms with Crippen LogP contribution in [0.25, 0.3) is 0 Å². The van der Waals surface area contributed by atoms with Crippen molar-refractivity contribution in [2.75, 3.05) is 18.5 Å². The van der Waals surface area contributed by atoms with Gasteiger partial charge in [0.1, 0.15) is 10.8 Å². The van der Waals surface area contributed by atoms with Crippen molar-refractivity contribution >= 4 is 28.8 Å². The van der Waals surface area contributed by atoms with E-state index in [-0.39, 0.29) is 22.5 Å². The number of thiocarbonyl (C=S) groups is 1. The average molecular weight is 268 g/mol. The monoisotopic (exact) mass is 268 g/mol. The molecule has 0 bridgehead atoms. The first kappa shape index (κ1) is 12.9. The minimum Gasteiger partial charge on any atom is -0.389 e. The number of nitrogens with two attached hydrogens (primary N) is 1. The number of amides is 1. The van der Waals surface area contributed by atoms with E-state index in [4.69, 9.17) is 22.7 Å². The van der Waals surface area contributed by atoms with Gasteiger partial charge in [0.05, 0.1) is 18.2 Å². The van der Waals surface area contributed by atoms with Gasteiger partial charge in [0.2, 0.25) is 5.91 Å². The summed E-state index contributed by atoms with van der Waals surface area (Å²) < 4.78 is 18.8. The molecule has 0 spiro atoms. The van der Waals surface area contributed by atoms with E-state index >= 15 is 0 Å². The smallest absolute Gasteiger partial charge is 0.229 e. The first-order valence-electron chi connectivity index (χ1n) is 5.56. The number of carbonyl (C=O) groups is 1. The summed E-state index contributed by atoms with van der Waals surface area (Å²) in [4.78, 5) is 11.9. The molecule has 1 aromatic rings. The lowest BCUT2D eigenvalue weighted by molar-refractivity contribution is -0.119. The van der Waals surface area contributed by atoms with Gasteiger partial charge in [-0.25, -0.2) is 4.39 Å². The largest absolute Gasteiger partial charge is 0.389 e. The highest BCUT2D eigenvalue weighted by molar-refractivity contribution is 7.80. The molecule has 1 aliphatic rings. The molecule has 96 valence electrons. The summed E-state index contributed by atoms with van der Waals surface area (Å²) in [5.74, 6) is -0.985. The van der Waals surface area contributed by atoms with E-state index in [2.05, 4.69) is 5.32 Å². The number of hydrogen-bond donors (Lipinski definition) is 2. The maximum Gasteiger partial charge on any atom is 0.229 e. The van der Waals surface area contributed by atoms with Gasteiger partial charge in [-0.05, 0) is 24.6 Å². The van der Waals surface area contributed by atoms with Crippen LogP contribution in [0.4, 0.5) is 10.1 Å². The van der Waals surface area contributed by atoms with Crippen molar-refractivity contribution in [2.45, 2.75) is 6.42 Å². The molecule has 0 aromatic heterocycles. The van der Waals surface area contributed by atoms with E-state index in [0.717, 1.165) is 0 Å². The van der Waals surface area contributed by atoms with Crippen LogP contribution in [0.5, 0.6) is 0 Å². The second-order valence-electron chi connectivity index (χ2n) is 4.11. The van der Waals surface area contributed by atoms with Crippen LogP contribution in [0.1, 0.15) is 12.0 Å². The summed E-state index contributed by atoms with van der Waals surface area (Å²) in [5.41, 5.74) is 5.96. The fourth-order valence-corrected chi connectivity index (χ4v) is 1.87. The predicted octanol–water partition coefficient (Wildman–Crippen LogP) is 1.43. The molecule has 1 saturated heterocycles. The van der Waals surface area contributed by atoms with Crippen LogP contribution < -0.4 is 11.1 Å².